The summed E-state index contributed by atoms with van der Waals surface area (Å²) < 4.78 is 0. The van der Waals surface area contributed by atoms with Gasteiger partial charge in [0.1, 0.15) is 5.02 Å². The number of carbonyl (C=O) groups excluding carboxylic acids is 1. The average Bonchev–Trinajstić information content (AvgIpc) is 2.38. The van der Waals surface area contributed by atoms with Crippen LogP contribution in [-0.2, 0) is 0 Å². The Labute approximate surface area is 114 Å². The first kappa shape index (κ1) is 13.8. The molecule has 102 valence electrons. The van der Waals surface area contributed by atoms with Crippen LogP contribution in [0.15, 0.2) is 18.2 Å². The highest BCUT2D eigenvalue weighted by atomic mass is 35.5. The standard InChI is InChI=1S/C12H13ClN2O4/c13-11-9(2-1-3-10(11)15(18)19)12(17)14-6-4-8(16)5-7-14/h1-3,8,16H,4-7H2. The third-order valence-corrected chi connectivity index (χ3v) is 3.55. The Bertz CT molecular complexity index is 512. The van der Waals surface area contributed by atoms with Crippen LogP contribution in [0.3, 0.4) is 0 Å². The number of carbonyl (C=O) groups is 1. The Morgan fingerprint density at radius 2 is 2.05 bits per heavy atom. The summed E-state index contributed by atoms with van der Waals surface area (Å²) >= 11 is 5.91. The molecule has 19 heavy (non-hydrogen) atoms. The van der Waals surface area contributed by atoms with E-state index in [1.165, 1.54) is 18.2 Å². The molecule has 1 saturated heterocycles. The fraction of sp³-hybridized carbons (Fsp3) is 0.417. The lowest BCUT2D eigenvalue weighted by Crippen LogP contribution is -2.40. The zero-order valence-corrected chi connectivity index (χ0v) is 10.8. The van der Waals surface area contributed by atoms with E-state index in [-0.39, 0.29) is 28.3 Å². The second-order valence-electron chi connectivity index (χ2n) is 4.42. The first-order valence-corrected chi connectivity index (χ1v) is 6.28. The highest BCUT2D eigenvalue weighted by molar-refractivity contribution is 6.35. The normalized spacial score (nSPS) is 16.4. The Hall–Kier alpha value is -1.66. The number of aliphatic hydroxyl groups excluding tert-OH is 1. The van der Waals surface area contributed by atoms with Crippen LogP contribution in [-0.4, -0.2) is 40.0 Å². The number of piperidine rings is 1. The van der Waals surface area contributed by atoms with E-state index in [1.807, 2.05) is 0 Å². The van der Waals surface area contributed by atoms with Gasteiger partial charge in [0.05, 0.1) is 16.6 Å². The third kappa shape index (κ3) is 2.85. The van der Waals surface area contributed by atoms with Gasteiger partial charge in [-0.1, -0.05) is 17.7 Å². The lowest BCUT2D eigenvalue weighted by molar-refractivity contribution is -0.384. The number of amides is 1. The minimum absolute atomic E-state index is 0.132. The Kier molecular flexibility index (Phi) is 4.01. The summed E-state index contributed by atoms with van der Waals surface area (Å²) in [5.74, 6) is -0.333. The van der Waals surface area contributed by atoms with Gasteiger partial charge in [-0.05, 0) is 18.9 Å². The first-order valence-electron chi connectivity index (χ1n) is 5.91. The van der Waals surface area contributed by atoms with Crippen molar-refractivity contribution in [2.24, 2.45) is 0 Å². The number of hydrogen-bond donors (Lipinski definition) is 1. The molecule has 0 unspecified atom stereocenters. The van der Waals surface area contributed by atoms with E-state index in [0.717, 1.165) is 0 Å². The van der Waals surface area contributed by atoms with Crippen LogP contribution in [0.25, 0.3) is 0 Å². The number of likely N-dealkylation sites (tertiary alicyclic amines) is 1. The Balaban J connectivity index is 2.24. The highest BCUT2D eigenvalue weighted by Crippen LogP contribution is 2.29. The van der Waals surface area contributed by atoms with Crippen molar-refractivity contribution in [1.82, 2.24) is 4.90 Å². The van der Waals surface area contributed by atoms with Gasteiger partial charge in [-0.3, -0.25) is 14.9 Å². The van der Waals surface area contributed by atoms with E-state index >= 15 is 0 Å². The molecule has 0 saturated carbocycles. The minimum atomic E-state index is -0.612. The number of nitro groups is 1. The molecule has 0 atom stereocenters. The number of nitro benzene ring substituents is 1. The zero-order chi connectivity index (χ0) is 14.0. The molecule has 0 radical (unpaired) electrons. The van der Waals surface area contributed by atoms with Crippen molar-refractivity contribution in [2.75, 3.05) is 13.1 Å². The smallest absolute Gasteiger partial charge is 0.288 e. The molecule has 0 aromatic heterocycles. The van der Waals surface area contributed by atoms with E-state index in [4.69, 9.17) is 11.6 Å². The minimum Gasteiger partial charge on any atom is -0.393 e. The van der Waals surface area contributed by atoms with Gasteiger partial charge in [0, 0.05) is 19.2 Å². The molecule has 0 spiro atoms. The third-order valence-electron chi connectivity index (χ3n) is 3.16. The monoisotopic (exact) mass is 284 g/mol. The number of rotatable bonds is 2. The summed E-state index contributed by atoms with van der Waals surface area (Å²) in [4.78, 5) is 24.0. The molecule has 6 nitrogen and oxygen atoms in total. The highest BCUT2D eigenvalue weighted by Gasteiger charge is 2.26. The van der Waals surface area contributed by atoms with Gasteiger partial charge in [0.2, 0.25) is 0 Å². The van der Waals surface area contributed by atoms with Crippen molar-refractivity contribution in [3.63, 3.8) is 0 Å². The van der Waals surface area contributed by atoms with Gasteiger partial charge in [0.25, 0.3) is 11.6 Å². The van der Waals surface area contributed by atoms with Gasteiger partial charge >= 0.3 is 0 Å². The van der Waals surface area contributed by atoms with Crippen LogP contribution in [0, 0.1) is 10.1 Å². The molecule has 0 aliphatic carbocycles. The van der Waals surface area contributed by atoms with Crippen LogP contribution in [0.1, 0.15) is 23.2 Å². The second kappa shape index (κ2) is 5.54. The van der Waals surface area contributed by atoms with E-state index in [9.17, 15) is 20.0 Å². The number of nitrogens with zero attached hydrogens (tertiary/aromatic N) is 2. The molecule has 1 amide bonds. The van der Waals surface area contributed by atoms with Crippen LogP contribution in [0.2, 0.25) is 5.02 Å². The Morgan fingerprint density at radius 1 is 1.42 bits per heavy atom. The van der Waals surface area contributed by atoms with Gasteiger partial charge in [0.15, 0.2) is 0 Å². The summed E-state index contributed by atoms with van der Waals surface area (Å²) in [6.07, 6.45) is 0.640. The fourth-order valence-corrected chi connectivity index (χ4v) is 2.34. The average molecular weight is 285 g/mol. The maximum absolute atomic E-state index is 12.2. The van der Waals surface area contributed by atoms with Crippen molar-refractivity contribution >= 4 is 23.2 Å². The van der Waals surface area contributed by atoms with Crippen LogP contribution >= 0.6 is 11.6 Å². The molecular weight excluding hydrogens is 272 g/mol. The van der Waals surface area contributed by atoms with E-state index in [1.54, 1.807) is 4.90 Å². The molecule has 7 heteroatoms. The molecule has 1 heterocycles. The summed E-state index contributed by atoms with van der Waals surface area (Å²) in [6.45, 7) is 0.859. The molecular formula is C12H13ClN2O4. The summed E-state index contributed by atoms with van der Waals surface area (Å²) in [5.41, 5.74) is -0.142. The molecule has 1 fully saturated rings. The quantitative estimate of drug-likeness (QED) is 0.663. The second-order valence-corrected chi connectivity index (χ2v) is 4.80. The molecule has 2 rings (SSSR count). The van der Waals surface area contributed by atoms with Crippen molar-refractivity contribution in [2.45, 2.75) is 18.9 Å². The lowest BCUT2D eigenvalue weighted by atomic mass is 10.1. The summed E-state index contributed by atoms with van der Waals surface area (Å²) in [5, 5.41) is 20.0. The number of halogens is 1. The largest absolute Gasteiger partial charge is 0.393 e. The molecule has 1 aliphatic rings. The van der Waals surface area contributed by atoms with Crippen molar-refractivity contribution in [1.29, 1.82) is 0 Å². The van der Waals surface area contributed by atoms with Crippen LogP contribution in [0.5, 0.6) is 0 Å². The molecule has 0 bridgehead atoms. The molecule has 1 aliphatic heterocycles. The molecule has 1 aromatic carbocycles. The first-order chi connectivity index (χ1) is 9.00. The van der Waals surface area contributed by atoms with Crippen molar-refractivity contribution in [3.8, 4) is 0 Å². The topological polar surface area (TPSA) is 83.7 Å². The lowest BCUT2D eigenvalue weighted by Gasteiger charge is -2.29. The fourth-order valence-electron chi connectivity index (χ4n) is 2.07. The maximum atomic E-state index is 12.2. The van der Waals surface area contributed by atoms with Crippen LogP contribution < -0.4 is 0 Å². The number of hydrogen-bond acceptors (Lipinski definition) is 4. The molecule has 1 aromatic rings. The predicted molar refractivity (Wildman–Crippen MR) is 69.3 cm³/mol. The molecule has 1 N–H and O–H groups in total. The number of benzene rings is 1. The van der Waals surface area contributed by atoms with Crippen molar-refractivity contribution in [3.05, 3.63) is 38.9 Å². The summed E-state index contributed by atoms with van der Waals surface area (Å²) in [7, 11) is 0. The zero-order valence-electron chi connectivity index (χ0n) is 10.1. The van der Waals surface area contributed by atoms with Gasteiger partial charge < -0.3 is 10.0 Å². The summed E-state index contributed by atoms with van der Waals surface area (Å²) in [6, 6.07) is 4.18. The van der Waals surface area contributed by atoms with Crippen molar-refractivity contribution < 1.29 is 14.8 Å². The van der Waals surface area contributed by atoms with Gasteiger partial charge in [-0.25, -0.2) is 0 Å². The van der Waals surface area contributed by atoms with E-state index < -0.39 is 4.92 Å². The number of aliphatic hydroxyl groups is 1. The van der Waals surface area contributed by atoms with Gasteiger partial charge in [-0.2, -0.15) is 0 Å². The van der Waals surface area contributed by atoms with Crippen LogP contribution in [0.4, 0.5) is 5.69 Å². The van der Waals surface area contributed by atoms with Gasteiger partial charge in [-0.15, -0.1) is 0 Å². The SMILES string of the molecule is O=C(c1cccc([N+](=O)[O-])c1Cl)N1CCC(O)CC1. The van der Waals surface area contributed by atoms with E-state index in [0.29, 0.717) is 25.9 Å². The predicted octanol–water partition coefficient (Wildman–Crippen LogP) is 1.85. The maximum Gasteiger partial charge on any atom is 0.288 e. The van der Waals surface area contributed by atoms with E-state index in [2.05, 4.69) is 0 Å². The Morgan fingerprint density at radius 3 is 2.63 bits per heavy atom.